The number of ether oxygens (including phenoxy) is 2. The van der Waals surface area contributed by atoms with Crippen LogP contribution in [0.1, 0.15) is 38.2 Å². The monoisotopic (exact) mass is 279 g/mol. The van der Waals surface area contributed by atoms with E-state index in [4.69, 9.17) is 9.47 Å². The van der Waals surface area contributed by atoms with Crippen LogP contribution in [0.4, 0.5) is 0 Å². The molecule has 20 heavy (non-hydrogen) atoms. The van der Waals surface area contributed by atoms with E-state index >= 15 is 0 Å². The van der Waals surface area contributed by atoms with Gasteiger partial charge in [0.2, 0.25) is 5.91 Å². The highest BCUT2D eigenvalue weighted by molar-refractivity contribution is 5.78. The second-order valence-electron chi connectivity index (χ2n) is 4.78. The number of methoxy groups -OCH3 is 2. The van der Waals surface area contributed by atoms with Gasteiger partial charge in [0.05, 0.1) is 20.6 Å². The largest absolute Gasteiger partial charge is 0.493 e. The van der Waals surface area contributed by atoms with E-state index in [1.54, 1.807) is 14.2 Å². The SMILES string of the molecule is CCCCCCNC(=O)Cc1ccc(OC)c(OC)c1. The summed E-state index contributed by atoms with van der Waals surface area (Å²) in [6.45, 7) is 2.93. The lowest BCUT2D eigenvalue weighted by Crippen LogP contribution is -2.26. The van der Waals surface area contributed by atoms with Crippen LogP contribution in [-0.2, 0) is 11.2 Å². The minimum absolute atomic E-state index is 0.0497. The molecule has 0 bridgehead atoms. The summed E-state index contributed by atoms with van der Waals surface area (Å²) in [5, 5.41) is 2.95. The van der Waals surface area contributed by atoms with Crippen LogP contribution < -0.4 is 14.8 Å². The molecule has 0 fully saturated rings. The zero-order valence-corrected chi connectivity index (χ0v) is 12.7. The van der Waals surface area contributed by atoms with E-state index in [9.17, 15) is 4.79 Å². The average molecular weight is 279 g/mol. The molecule has 1 aromatic rings. The number of benzene rings is 1. The topological polar surface area (TPSA) is 47.6 Å². The molecular formula is C16H25NO3. The summed E-state index contributed by atoms with van der Waals surface area (Å²) < 4.78 is 10.4. The third-order valence-corrected chi connectivity index (χ3v) is 3.17. The van der Waals surface area contributed by atoms with Crippen LogP contribution in [0.15, 0.2) is 18.2 Å². The zero-order chi connectivity index (χ0) is 14.8. The van der Waals surface area contributed by atoms with Crippen molar-refractivity contribution in [2.24, 2.45) is 0 Å². The van der Waals surface area contributed by atoms with Crippen molar-refractivity contribution in [2.45, 2.75) is 39.0 Å². The molecule has 1 rings (SSSR count). The fourth-order valence-corrected chi connectivity index (χ4v) is 2.02. The van der Waals surface area contributed by atoms with Gasteiger partial charge in [-0.05, 0) is 24.1 Å². The molecule has 1 aromatic carbocycles. The highest BCUT2D eigenvalue weighted by atomic mass is 16.5. The predicted molar refractivity (Wildman–Crippen MR) is 80.4 cm³/mol. The number of nitrogens with one attached hydrogen (secondary N) is 1. The molecule has 0 unspecified atom stereocenters. The van der Waals surface area contributed by atoms with Crippen LogP contribution in [-0.4, -0.2) is 26.7 Å². The van der Waals surface area contributed by atoms with Gasteiger partial charge in [-0.2, -0.15) is 0 Å². The van der Waals surface area contributed by atoms with Crippen molar-refractivity contribution < 1.29 is 14.3 Å². The van der Waals surface area contributed by atoms with Crippen LogP contribution in [0.2, 0.25) is 0 Å². The molecular weight excluding hydrogens is 254 g/mol. The molecule has 0 atom stereocenters. The molecule has 0 aromatic heterocycles. The maximum absolute atomic E-state index is 11.8. The van der Waals surface area contributed by atoms with Gasteiger partial charge in [-0.25, -0.2) is 0 Å². The molecule has 0 aliphatic carbocycles. The molecule has 4 heteroatoms. The fraction of sp³-hybridized carbons (Fsp3) is 0.562. The van der Waals surface area contributed by atoms with Gasteiger partial charge < -0.3 is 14.8 Å². The average Bonchev–Trinajstić information content (AvgIpc) is 2.46. The quantitative estimate of drug-likeness (QED) is 0.707. The van der Waals surface area contributed by atoms with E-state index in [1.807, 2.05) is 18.2 Å². The molecule has 1 amide bonds. The van der Waals surface area contributed by atoms with Crippen LogP contribution in [0.5, 0.6) is 11.5 Å². The Morgan fingerprint density at radius 1 is 1.10 bits per heavy atom. The van der Waals surface area contributed by atoms with Gasteiger partial charge in [0.25, 0.3) is 0 Å². The lowest BCUT2D eigenvalue weighted by Gasteiger charge is -2.10. The van der Waals surface area contributed by atoms with Crippen molar-refractivity contribution in [2.75, 3.05) is 20.8 Å². The zero-order valence-electron chi connectivity index (χ0n) is 12.7. The second-order valence-corrected chi connectivity index (χ2v) is 4.78. The van der Waals surface area contributed by atoms with E-state index in [1.165, 1.54) is 19.3 Å². The Balaban J connectivity index is 2.41. The first-order valence-corrected chi connectivity index (χ1v) is 7.18. The maximum atomic E-state index is 11.8. The van der Waals surface area contributed by atoms with Gasteiger partial charge in [-0.15, -0.1) is 0 Å². The summed E-state index contributed by atoms with van der Waals surface area (Å²) in [6.07, 6.45) is 5.03. The van der Waals surface area contributed by atoms with E-state index in [0.29, 0.717) is 17.9 Å². The Hall–Kier alpha value is -1.71. The Bertz CT molecular complexity index is 418. The Morgan fingerprint density at radius 3 is 2.50 bits per heavy atom. The van der Waals surface area contributed by atoms with E-state index in [0.717, 1.165) is 18.5 Å². The van der Waals surface area contributed by atoms with Gasteiger partial charge in [0, 0.05) is 6.54 Å². The molecule has 0 saturated heterocycles. The summed E-state index contributed by atoms with van der Waals surface area (Å²) in [5.74, 6) is 1.38. The molecule has 0 spiro atoms. The molecule has 4 nitrogen and oxygen atoms in total. The first-order chi connectivity index (χ1) is 9.71. The molecule has 0 aliphatic rings. The molecule has 0 saturated carbocycles. The number of rotatable bonds is 9. The predicted octanol–water partition coefficient (Wildman–Crippen LogP) is 2.94. The summed E-state index contributed by atoms with van der Waals surface area (Å²) in [6, 6.07) is 5.55. The summed E-state index contributed by atoms with van der Waals surface area (Å²) in [5.41, 5.74) is 0.925. The first-order valence-electron chi connectivity index (χ1n) is 7.18. The van der Waals surface area contributed by atoms with Crippen molar-refractivity contribution in [3.63, 3.8) is 0 Å². The molecule has 0 heterocycles. The maximum Gasteiger partial charge on any atom is 0.224 e. The van der Waals surface area contributed by atoms with E-state index in [2.05, 4.69) is 12.2 Å². The normalized spacial score (nSPS) is 10.2. The van der Waals surface area contributed by atoms with Crippen LogP contribution >= 0.6 is 0 Å². The molecule has 0 radical (unpaired) electrons. The van der Waals surface area contributed by atoms with Gasteiger partial charge >= 0.3 is 0 Å². The highest BCUT2D eigenvalue weighted by Gasteiger charge is 2.07. The fourth-order valence-electron chi connectivity index (χ4n) is 2.02. The second kappa shape index (κ2) is 9.23. The molecule has 112 valence electrons. The van der Waals surface area contributed by atoms with Crippen molar-refractivity contribution in [1.82, 2.24) is 5.32 Å². The molecule has 0 aliphatic heterocycles. The van der Waals surface area contributed by atoms with Gasteiger partial charge in [-0.1, -0.05) is 32.3 Å². The number of hydrogen-bond donors (Lipinski definition) is 1. The molecule has 1 N–H and O–H groups in total. The number of carbonyl (C=O) groups is 1. The lowest BCUT2D eigenvalue weighted by molar-refractivity contribution is -0.120. The Morgan fingerprint density at radius 2 is 1.85 bits per heavy atom. The third-order valence-electron chi connectivity index (χ3n) is 3.17. The highest BCUT2D eigenvalue weighted by Crippen LogP contribution is 2.27. The number of amides is 1. The van der Waals surface area contributed by atoms with Gasteiger partial charge in [0.15, 0.2) is 11.5 Å². The van der Waals surface area contributed by atoms with Crippen molar-refractivity contribution >= 4 is 5.91 Å². The Kier molecular flexibility index (Phi) is 7.55. The van der Waals surface area contributed by atoms with Crippen molar-refractivity contribution in [3.8, 4) is 11.5 Å². The van der Waals surface area contributed by atoms with Crippen LogP contribution in [0.3, 0.4) is 0 Å². The van der Waals surface area contributed by atoms with E-state index < -0.39 is 0 Å². The third kappa shape index (κ3) is 5.51. The van der Waals surface area contributed by atoms with Crippen molar-refractivity contribution in [3.05, 3.63) is 23.8 Å². The first kappa shape index (κ1) is 16.3. The van der Waals surface area contributed by atoms with Crippen LogP contribution in [0.25, 0.3) is 0 Å². The smallest absolute Gasteiger partial charge is 0.224 e. The minimum atomic E-state index is 0.0497. The summed E-state index contributed by atoms with van der Waals surface area (Å²) >= 11 is 0. The van der Waals surface area contributed by atoms with Crippen LogP contribution in [0, 0.1) is 0 Å². The minimum Gasteiger partial charge on any atom is -0.493 e. The standard InChI is InChI=1S/C16H25NO3/c1-4-5-6-7-10-17-16(18)12-13-8-9-14(19-2)15(11-13)20-3/h8-9,11H,4-7,10,12H2,1-3H3,(H,17,18). The Labute approximate surface area is 121 Å². The number of hydrogen-bond acceptors (Lipinski definition) is 3. The summed E-state index contributed by atoms with van der Waals surface area (Å²) in [7, 11) is 3.19. The lowest BCUT2D eigenvalue weighted by atomic mass is 10.1. The number of carbonyl (C=O) groups excluding carboxylic acids is 1. The van der Waals surface area contributed by atoms with E-state index in [-0.39, 0.29) is 5.91 Å². The van der Waals surface area contributed by atoms with Gasteiger partial charge in [0.1, 0.15) is 0 Å². The van der Waals surface area contributed by atoms with Crippen molar-refractivity contribution in [1.29, 1.82) is 0 Å². The summed E-state index contributed by atoms with van der Waals surface area (Å²) in [4.78, 5) is 11.8. The number of unbranched alkanes of at least 4 members (excludes halogenated alkanes) is 3. The van der Waals surface area contributed by atoms with Gasteiger partial charge in [-0.3, -0.25) is 4.79 Å².